The van der Waals surface area contributed by atoms with Gasteiger partial charge in [-0.25, -0.2) is 0 Å². The summed E-state index contributed by atoms with van der Waals surface area (Å²) in [6.07, 6.45) is 9.79. The first kappa shape index (κ1) is 15.8. The summed E-state index contributed by atoms with van der Waals surface area (Å²) in [4.78, 5) is 14.7. The van der Waals surface area contributed by atoms with E-state index in [0.29, 0.717) is 11.9 Å². The van der Waals surface area contributed by atoms with Gasteiger partial charge in [-0.05, 0) is 37.5 Å². The van der Waals surface area contributed by atoms with Crippen molar-refractivity contribution in [1.29, 1.82) is 0 Å². The summed E-state index contributed by atoms with van der Waals surface area (Å²) in [7, 11) is 0. The lowest BCUT2D eigenvalue weighted by atomic mass is 9.85. The van der Waals surface area contributed by atoms with E-state index in [2.05, 4.69) is 31.0 Å². The third-order valence-electron chi connectivity index (χ3n) is 4.62. The fraction of sp³-hybridized carbons (Fsp3) is 0.941. The second-order valence-corrected chi connectivity index (χ2v) is 7.52. The van der Waals surface area contributed by atoms with Gasteiger partial charge in [0.15, 0.2) is 0 Å². The molecule has 1 unspecified atom stereocenters. The largest absolute Gasteiger partial charge is 0.341 e. The molecule has 2 aliphatic rings. The number of nitrogens with zero attached hydrogens (tertiary/aromatic N) is 1. The number of hydrogen-bond acceptors (Lipinski definition) is 2. The van der Waals surface area contributed by atoms with Crippen LogP contribution in [-0.2, 0) is 4.79 Å². The average molecular weight is 280 g/mol. The zero-order chi connectivity index (χ0) is 14.6. The van der Waals surface area contributed by atoms with E-state index in [0.717, 1.165) is 25.9 Å². The van der Waals surface area contributed by atoms with Crippen LogP contribution in [0.4, 0.5) is 0 Å². The van der Waals surface area contributed by atoms with E-state index >= 15 is 0 Å². The molecule has 1 saturated heterocycles. The lowest BCUT2D eigenvalue weighted by Crippen LogP contribution is -2.53. The highest BCUT2D eigenvalue weighted by Crippen LogP contribution is 2.28. The van der Waals surface area contributed by atoms with Crippen molar-refractivity contribution in [2.45, 2.75) is 84.2 Å². The molecule has 20 heavy (non-hydrogen) atoms. The lowest BCUT2D eigenvalue weighted by molar-refractivity contribution is -0.137. The molecule has 0 aromatic rings. The minimum absolute atomic E-state index is 0.0997. The fourth-order valence-electron chi connectivity index (χ4n) is 3.24. The number of piperidine rings is 1. The van der Waals surface area contributed by atoms with Gasteiger partial charge in [-0.15, -0.1) is 0 Å². The quantitative estimate of drug-likeness (QED) is 0.692. The van der Waals surface area contributed by atoms with E-state index in [1.807, 2.05) is 0 Å². The molecular weight excluding hydrogens is 248 g/mol. The second-order valence-electron chi connectivity index (χ2n) is 7.52. The van der Waals surface area contributed by atoms with Crippen LogP contribution < -0.4 is 5.32 Å². The molecule has 0 spiro atoms. The highest BCUT2D eigenvalue weighted by atomic mass is 16.2. The van der Waals surface area contributed by atoms with Crippen molar-refractivity contribution in [2.75, 3.05) is 13.1 Å². The normalized spacial score (nSPS) is 24.2. The van der Waals surface area contributed by atoms with Crippen molar-refractivity contribution in [2.24, 2.45) is 5.41 Å². The van der Waals surface area contributed by atoms with Crippen LogP contribution in [0, 0.1) is 5.41 Å². The van der Waals surface area contributed by atoms with Crippen molar-refractivity contribution in [3.05, 3.63) is 0 Å². The van der Waals surface area contributed by atoms with Crippen LogP contribution in [0.15, 0.2) is 0 Å². The molecule has 116 valence electrons. The van der Waals surface area contributed by atoms with Crippen LogP contribution in [0.25, 0.3) is 0 Å². The summed E-state index contributed by atoms with van der Waals surface area (Å²) in [6, 6.07) is 0.726. The first-order chi connectivity index (χ1) is 9.52. The molecule has 1 heterocycles. The SMILES string of the molecule is CCCCCC(C)(C)CN1CCCC(NC2CC2)C1=O. The van der Waals surface area contributed by atoms with Crippen molar-refractivity contribution in [1.82, 2.24) is 10.2 Å². The molecule has 3 nitrogen and oxygen atoms in total. The van der Waals surface area contributed by atoms with E-state index in [-0.39, 0.29) is 11.5 Å². The minimum Gasteiger partial charge on any atom is -0.341 e. The maximum atomic E-state index is 12.6. The van der Waals surface area contributed by atoms with Crippen molar-refractivity contribution < 1.29 is 4.79 Å². The Bertz CT molecular complexity index is 323. The minimum atomic E-state index is 0.0997. The van der Waals surface area contributed by atoms with Gasteiger partial charge in [0, 0.05) is 19.1 Å². The lowest BCUT2D eigenvalue weighted by Gasteiger charge is -2.38. The Morgan fingerprint density at radius 1 is 1.25 bits per heavy atom. The molecule has 1 aliphatic heterocycles. The zero-order valence-electron chi connectivity index (χ0n) is 13.6. The monoisotopic (exact) mass is 280 g/mol. The third kappa shape index (κ3) is 4.76. The van der Waals surface area contributed by atoms with Gasteiger partial charge < -0.3 is 10.2 Å². The maximum Gasteiger partial charge on any atom is 0.239 e. The number of carbonyl (C=O) groups is 1. The van der Waals surface area contributed by atoms with Crippen LogP contribution in [-0.4, -0.2) is 36.0 Å². The van der Waals surface area contributed by atoms with Crippen molar-refractivity contribution >= 4 is 5.91 Å². The van der Waals surface area contributed by atoms with Crippen LogP contribution in [0.1, 0.15) is 72.1 Å². The standard InChI is InChI=1S/C17H32N2O/c1-4-5-6-11-17(2,3)13-19-12-7-8-15(16(19)20)18-14-9-10-14/h14-15,18H,4-13H2,1-3H3. The number of hydrogen-bond donors (Lipinski definition) is 1. The van der Waals surface area contributed by atoms with Gasteiger partial charge in [0.1, 0.15) is 0 Å². The summed E-state index contributed by atoms with van der Waals surface area (Å²) in [5.74, 6) is 0.353. The van der Waals surface area contributed by atoms with Crippen LogP contribution >= 0.6 is 0 Å². The Hall–Kier alpha value is -0.570. The number of amides is 1. The molecule has 1 aliphatic carbocycles. The highest BCUT2D eigenvalue weighted by molar-refractivity contribution is 5.82. The average Bonchev–Trinajstić information content (AvgIpc) is 3.18. The van der Waals surface area contributed by atoms with Gasteiger partial charge in [0.2, 0.25) is 5.91 Å². The van der Waals surface area contributed by atoms with Gasteiger partial charge in [-0.2, -0.15) is 0 Å². The van der Waals surface area contributed by atoms with Gasteiger partial charge in [0.25, 0.3) is 0 Å². The molecule has 2 rings (SSSR count). The van der Waals surface area contributed by atoms with Crippen LogP contribution in [0.2, 0.25) is 0 Å². The summed E-state index contributed by atoms with van der Waals surface area (Å²) in [6.45, 7) is 8.76. The van der Waals surface area contributed by atoms with Crippen LogP contribution in [0.3, 0.4) is 0 Å². The van der Waals surface area contributed by atoms with E-state index < -0.39 is 0 Å². The predicted octanol–water partition coefficient (Wildman–Crippen LogP) is 3.34. The molecule has 2 fully saturated rings. The highest BCUT2D eigenvalue weighted by Gasteiger charge is 2.35. The van der Waals surface area contributed by atoms with Gasteiger partial charge >= 0.3 is 0 Å². The Kier molecular flexibility index (Phi) is 5.48. The molecule has 1 atom stereocenters. The molecule has 0 aromatic carbocycles. The Morgan fingerprint density at radius 2 is 2.00 bits per heavy atom. The molecule has 0 bridgehead atoms. The predicted molar refractivity (Wildman–Crippen MR) is 83.7 cm³/mol. The topological polar surface area (TPSA) is 32.3 Å². The smallest absolute Gasteiger partial charge is 0.239 e. The molecule has 0 aromatic heterocycles. The second kappa shape index (κ2) is 6.93. The Labute approximate surface area is 124 Å². The molecule has 3 heteroatoms. The number of likely N-dealkylation sites (tertiary alicyclic amines) is 1. The maximum absolute atomic E-state index is 12.6. The Balaban J connectivity index is 1.81. The van der Waals surface area contributed by atoms with Gasteiger partial charge in [-0.1, -0.05) is 40.0 Å². The number of nitrogens with one attached hydrogen (secondary N) is 1. The number of unbranched alkanes of at least 4 members (excludes halogenated alkanes) is 2. The molecule has 1 saturated carbocycles. The fourth-order valence-corrected chi connectivity index (χ4v) is 3.24. The molecular formula is C17H32N2O. The Morgan fingerprint density at radius 3 is 2.65 bits per heavy atom. The third-order valence-corrected chi connectivity index (χ3v) is 4.62. The molecule has 0 radical (unpaired) electrons. The van der Waals surface area contributed by atoms with E-state index in [4.69, 9.17) is 0 Å². The number of carbonyl (C=O) groups excluding carboxylic acids is 1. The first-order valence-corrected chi connectivity index (χ1v) is 8.57. The van der Waals surface area contributed by atoms with Crippen LogP contribution in [0.5, 0.6) is 0 Å². The summed E-state index contributed by atoms with van der Waals surface area (Å²) < 4.78 is 0. The zero-order valence-corrected chi connectivity index (χ0v) is 13.6. The molecule has 1 amide bonds. The first-order valence-electron chi connectivity index (χ1n) is 8.57. The van der Waals surface area contributed by atoms with Gasteiger partial charge in [-0.3, -0.25) is 4.79 Å². The van der Waals surface area contributed by atoms with E-state index in [1.165, 1.54) is 38.5 Å². The summed E-state index contributed by atoms with van der Waals surface area (Å²) in [5, 5.41) is 3.52. The van der Waals surface area contributed by atoms with Crippen molar-refractivity contribution in [3.8, 4) is 0 Å². The van der Waals surface area contributed by atoms with E-state index in [9.17, 15) is 4.79 Å². The number of rotatable bonds is 8. The van der Waals surface area contributed by atoms with E-state index in [1.54, 1.807) is 0 Å². The molecule has 1 N–H and O–H groups in total. The summed E-state index contributed by atoms with van der Waals surface area (Å²) >= 11 is 0. The van der Waals surface area contributed by atoms with Crippen molar-refractivity contribution in [3.63, 3.8) is 0 Å². The van der Waals surface area contributed by atoms with Gasteiger partial charge in [0.05, 0.1) is 6.04 Å². The summed E-state index contributed by atoms with van der Waals surface area (Å²) in [5.41, 5.74) is 0.256.